The van der Waals surface area contributed by atoms with Crippen LogP contribution in [0, 0.1) is 0 Å². The molecule has 30 heavy (non-hydrogen) atoms. The average Bonchev–Trinajstić information content (AvgIpc) is 3.17. The Morgan fingerprint density at radius 2 is 1.77 bits per heavy atom. The largest absolute Gasteiger partial charge is 0.493 e. The number of hydrogen-bond acceptors (Lipinski definition) is 4. The van der Waals surface area contributed by atoms with Crippen molar-refractivity contribution >= 4 is 16.8 Å². The number of benzene rings is 2. The molecule has 0 spiro atoms. The number of aromatic nitrogens is 1. The van der Waals surface area contributed by atoms with Crippen LogP contribution in [0.15, 0.2) is 48.7 Å². The summed E-state index contributed by atoms with van der Waals surface area (Å²) in [4.78, 5) is 15.8. The summed E-state index contributed by atoms with van der Waals surface area (Å²) in [6.45, 7) is 6.37. The van der Waals surface area contributed by atoms with Crippen LogP contribution in [0.4, 0.5) is 0 Å². The minimum absolute atomic E-state index is 0.0136. The third-order valence-electron chi connectivity index (χ3n) is 5.26. The molecule has 1 amide bonds. The number of fused-ring (bicyclic) bond motifs is 1. The summed E-state index contributed by atoms with van der Waals surface area (Å²) in [5.41, 5.74) is 3.22. The molecule has 2 atom stereocenters. The highest BCUT2D eigenvalue weighted by Crippen LogP contribution is 2.40. The minimum atomic E-state index is -0.322. The number of hydrogen-bond donors (Lipinski definition) is 3. The fraction of sp³-hybridized carbons (Fsp3) is 0.375. The molecule has 0 unspecified atom stereocenters. The van der Waals surface area contributed by atoms with Gasteiger partial charge in [-0.3, -0.25) is 4.79 Å². The number of H-pyrrole nitrogens is 1. The van der Waals surface area contributed by atoms with Crippen molar-refractivity contribution in [3.05, 3.63) is 59.8 Å². The average molecular weight is 410 g/mol. The van der Waals surface area contributed by atoms with Crippen LogP contribution in [-0.4, -0.2) is 43.7 Å². The van der Waals surface area contributed by atoms with Crippen molar-refractivity contribution < 1.29 is 14.3 Å². The monoisotopic (exact) mass is 409 g/mol. The molecule has 0 radical (unpaired) electrons. The number of amides is 1. The second kappa shape index (κ2) is 9.67. The normalized spacial score (nSPS) is 13.3. The molecule has 0 fully saturated rings. The van der Waals surface area contributed by atoms with Gasteiger partial charge >= 0.3 is 0 Å². The predicted molar refractivity (Wildman–Crippen MR) is 120 cm³/mol. The Labute approximate surface area is 178 Å². The third kappa shape index (κ3) is 4.60. The highest BCUT2D eigenvalue weighted by Gasteiger charge is 2.25. The van der Waals surface area contributed by atoms with Crippen molar-refractivity contribution in [3.8, 4) is 11.5 Å². The van der Waals surface area contributed by atoms with Crippen LogP contribution >= 0.6 is 0 Å². The van der Waals surface area contributed by atoms with Gasteiger partial charge in [0.25, 0.3) is 0 Å². The summed E-state index contributed by atoms with van der Waals surface area (Å²) in [6.07, 6.45) is 2.04. The summed E-state index contributed by atoms with van der Waals surface area (Å²) in [5, 5.41) is 7.51. The molecule has 6 nitrogen and oxygen atoms in total. The Balaban J connectivity index is 1.99. The predicted octanol–water partition coefficient (Wildman–Crippen LogP) is 3.82. The van der Waals surface area contributed by atoms with Crippen molar-refractivity contribution in [2.75, 3.05) is 20.8 Å². The summed E-state index contributed by atoms with van der Waals surface area (Å²) in [6, 6.07) is 13.9. The maximum atomic E-state index is 12.4. The van der Waals surface area contributed by atoms with Gasteiger partial charge in [-0.2, -0.15) is 0 Å². The van der Waals surface area contributed by atoms with Gasteiger partial charge in [0.15, 0.2) is 11.5 Å². The molecule has 1 heterocycles. The van der Waals surface area contributed by atoms with E-state index in [2.05, 4.69) is 27.8 Å². The topological polar surface area (TPSA) is 75.4 Å². The highest BCUT2D eigenvalue weighted by atomic mass is 16.5. The van der Waals surface area contributed by atoms with Crippen LogP contribution in [0.3, 0.4) is 0 Å². The molecule has 0 aliphatic rings. The zero-order chi connectivity index (χ0) is 21.7. The maximum absolute atomic E-state index is 12.4. The first kappa shape index (κ1) is 21.7. The number of methoxy groups -OCH3 is 2. The van der Waals surface area contributed by atoms with Crippen molar-refractivity contribution in [1.29, 1.82) is 0 Å². The van der Waals surface area contributed by atoms with E-state index in [1.165, 1.54) is 0 Å². The smallest absolute Gasteiger partial charge is 0.237 e. The number of rotatable bonds is 9. The van der Waals surface area contributed by atoms with E-state index in [4.69, 9.17) is 9.47 Å². The molecule has 0 aliphatic carbocycles. The number of ether oxygens (including phenoxy) is 2. The lowest BCUT2D eigenvalue weighted by molar-refractivity contribution is -0.123. The van der Waals surface area contributed by atoms with Crippen molar-refractivity contribution in [1.82, 2.24) is 15.6 Å². The van der Waals surface area contributed by atoms with Crippen molar-refractivity contribution in [2.45, 2.75) is 38.8 Å². The van der Waals surface area contributed by atoms with E-state index in [-0.39, 0.29) is 23.9 Å². The lowest BCUT2D eigenvalue weighted by Crippen LogP contribution is -2.45. The Bertz CT molecular complexity index is 996. The number of carbonyl (C=O) groups excluding carboxylic acids is 1. The number of carbonyl (C=O) groups is 1. The van der Waals surface area contributed by atoms with Gasteiger partial charge in [-0.05, 0) is 38.5 Å². The van der Waals surface area contributed by atoms with E-state index in [1.54, 1.807) is 14.2 Å². The second-order valence-corrected chi connectivity index (χ2v) is 7.72. The summed E-state index contributed by atoms with van der Waals surface area (Å²) in [5.74, 6) is 1.34. The first-order valence-electron chi connectivity index (χ1n) is 10.3. The van der Waals surface area contributed by atoms with Crippen LogP contribution in [-0.2, 0) is 4.79 Å². The molecular weight excluding hydrogens is 378 g/mol. The molecular formula is C24H31N3O3. The van der Waals surface area contributed by atoms with Gasteiger partial charge in [-0.15, -0.1) is 0 Å². The molecule has 3 rings (SSSR count). The van der Waals surface area contributed by atoms with Crippen LogP contribution in [0.2, 0.25) is 0 Å². The molecule has 0 aliphatic heterocycles. The van der Waals surface area contributed by atoms with Gasteiger partial charge in [-0.1, -0.05) is 30.3 Å². The third-order valence-corrected chi connectivity index (χ3v) is 5.26. The van der Waals surface area contributed by atoms with Crippen LogP contribution in [0.5, 0.6) is 11.5 Å². The van der Waals surface area contributed by atoms with Gasteiger partial charge in [-0.25, -0.2) is 0 Å². The van der Waals surface area contributed by atoms with E-state index < -0.39 is 0 Å². The van der Waals surface area contributed by atoms with Gasteiger partial charge < -0.3 is 25.1 Å². The Kier molecular flexibility index (Phi) is 7.00. The van der Waals surface area contributed by atoms with Gasteiger partial charge in [0.2, 0.25) is 5.91 Å². The van der Waals surface area contributed by atoms with Crippen LogP contribution < -0.4 is 20.1 Å². The zero-order valence-corrected chi connectivity index (χ0v) is 18.3. The number of aromatic amines is 1. The molecule has 3 aromatic rings. The first-order chi connectivity index (χ1) is 14.5. The fourth-order valence-electron chi connectivity index (χ4n) is 3.75. The second-order valence-electron chi connectivity index (χ2n) is 7.72. The molecule has 6 heteroatoms. The van der Waals surface area contributed by atoms with Crippen LogP contribution in [0.25, 0.3) is 10.9 Å². The minimum Gasteiger partial charge on any atom is -0.493 e. The van der Waals surface area contributed by atoms with E-state index in [0.29, 0.717) is 18.0 Å². The summed E-state index contributed by atoms with van der Waals surface area (Å²) < 4.78 is 11.2. The molecule has 0 bridgehead atoms. The molecule has 3 N–H and O–H groups in total. The Morgan fingerprint density at radius 3 is 2.47 bits per heavy atom. The number of para-hydroxylation sites is 2. The Hall–Kier alpha value is -2.99. The molecule has 0 saturated carbocycles. The lowest BCUT2D eigenvalue weighted by atomic mass is 9.89. The van der Waals surface area contributed by atoms with Crippen molar-refractivity contribution in [3.63, 3.8) is 0 Å². The summed E-state index contributed by atoms with van der Waals surface area (Å²) in [7, 11) is 3.29. The van der Waals surface area contributed by atoms with Crippen molar-refractivity contribution in [2.24, 2.45) is 0 Å². The van der Waals surface area contributed by atoms with Gasteiger partial charge in [0.1, 0.15) is 0 Å². The maximum Gasteiger partial charge on any atom is 0.237 e. The standard InChI is InChI=1S/C24H31N3O3/c1-15(2)27-24(28)16(3)25-13-20(18-10-8-12-22(29-4)23(18)30-5)19-14-26-21-11-7-6-9-17(19)21/h6-12,14-16,20,25-26H,13H2,1-5H3,(H,27,28)/t16-,20-/m0/s1. The quantitative estimate of drug-likeness (QED) is 0.502. The van der Waals surface area contributed by atoms with Crippen LogP contribution in [0.1, 0.15) is 37.8 Å². The molecule has 1 aromatic heterocycles. The molecule has 0 saturated heterocycles. The SMILES string of the molecule is COc1cccc([C@H](CN[C@@H](C)C(=O)NC(C)C)c2c[nH]c3ccccc23)c1OC. The molecule has 2 aromatic carbocycles. The zero-order valence-electron chi connectivity index (χ0n) is 18.3. The van der Waals surface area contributed by atoms with E-state index in [1.807, 2.05) is 57.3 Å². The highest BCUT2D eigenvalue weighted by molar-refractivity contribution is 5.84. The van der Waals surface area contributed by atoms with Gasteiger partial charge in [0, 0.05) is 41.2 Å². The summed E-state index contributed by atoms with van der Waals surface area (Å²) >= 11 is 0. The van der Waals surface area contributed by atoms with Gasteiger partial charge in [0.05, 0.1) is 20.3 Å². The van der Waals surface area contributed by atoms with E-state index >= 15 is 0 Å². The fourth-order valence-corrected chi connectivity index (χ4v) is 3.75. The first-order valence-corrected chi connectivity index (χ1v) is 10.3. The Morgan fingerprint density at radius 1 is 1.00 bits per heavy atom. The molecule has 160 valence electrons. The lowest BCUT2D eigenvalue weighted by Gasteiger charge is -2.24. The van der Waals surface area contributed by atoms with E-state index in [0.717, 1.165) is 22.0 Å². The number of nitrogens with one attached hydrogen (secondary N) is 3. The van der Waals surface area contributed by atoms with E-state index in [9.17, 15) is 4.79 Å².